The molecule has 29 heavy (non-hydrogen) atoms. The third kappa shape index (κ3) is 3.06. The molecule has 4 heterocycles. The third-order valence-corrected chi connectivity index (χ3v) is 6.46. The van der Waals surface area contributed by atoms with Crippen molar-refractivity contribution in [2.75, 3.05) is 18.5 Å². The summed E-state index contributed by atoms with van der Waals surface area (Å²) in [5.74, 6) is -1.24. The van der Waals surface area contributed by atoms with E-state index in [1.54, 1.807) is 18.2 Å². The smallest absolute Gasteiger partial charge is 0.254 e. The highest BCUT2D eigenvalue weighted by Crippen LogP contribution is 2.39. The summed E-state index contributed by atoms with van der Waals surface area (Å²) < 4.78 is 35.4. The van der Waals surface area contributed by atoms with Crippen LogP contribution in [0.25, 0.3) is 20.7 Å². The Morgan fingerprint density at radius 3 is 3.00 bits per heavy atom. The maximum atomic E-state index is 15.1. The zero-order valence-corrected chi connectivity index (χ0v) is 16.1. The van der Waals surface area contributed by atoms with Crippen LogP contribution in [-0.4, -0.2) is 36.2 Å². The second kappa shape index (κ2) is 7.01. The topological polar surface area (TPSA) is 89.3 Å². The summed E-state index contributed by atoms with van der Waals surface area (Å²) in [6.45, 7) is 0.996. The van der Waals surface area contributed by atoms with E-state index in [2.05, 4.69) is 15.6 Å². The minimum atomic E-state index is -0.562. The Morgan fingerprint density at radius 1 is 1.34 bits per heavy atom. The number of anilines is 1. The Morgan fingerprint density at radius 2 is 2.21 bits per heavy atom. The van der Waals surface area contributed by atoms with Crippen molar-refractivity contribution in [1.29, 1.82) is 0 Å². The number of thiophene rings is 1. The average molecular weight is 416 g/mol. The molecule has 4 N–H and O–H groups in total. The molecule has 2 unspecified atom stereocenters. The van der Waals surface area contributed by atoms with Crippen molar-refractivity contribution in [3.05, 3.63) is 47.0 Å². The van der Waals surface area contributed by atoms with Gasteiger partial charge in [-0.1, -0.05) is 6.07 Å². The van der Waals surface area contributed by atoms with Crippen LogP contribution >= 0.6 is 11.3 Å². The molecule has 0 saturated carbocycles. The molecule has 1 aromatic carbocycles. The standard InChI is InChI=1S/C20H18F2N4O2S/c21-11-2-1-3-14-9(11)6-15(29-14)18-16-10(7-24-20(16)27)17(22)19(26-18)25-13-4-5-28-8-12(13)23/h1-3,6,12-13H,4-5,7-8,23H2,(H,24,27)(H,25,26). The van der Waals surface area contributed by atoms with Crippen LogP contribution in [0.2, 0.25) is 0 Å². The molecular formula is C20H18F2N4O2S. The van der Waals surface area contributed by atoms with Crippen LogP contribution in [0.1, 0.15) is 22.3 Å². The van der Waals surface area contributed by atoms with Crippen molar-refractivity contribution in [3.8, 4) is 10.6 Å². The first-order valence-corrected chi connectivity index (χ1v) is 10.1. The fourth-order valence-electron chi connectivity index (χ4n) is 3.81. The number of hydrogen-bond donors (Lipinski definition) is 3. The zero-order chi connectivity index (χ0) is 20.1. The van der Waals surface area contributed by atoms with Crippen LogP contribution in [0.3, 0.4) is 0 Å². The predicted octanol–water partition coefficient (Wildman–Crippen LogP) is 3.01. The van der Waals surface area contributed by atoms with E-state index in [-0.39, 0.29) is 47.3 Å². The largest absolute Gasteiger partial charge is 0.380 e. The number of nitrogens with two attached hydrogens (primary N) is 1. The van der Waals surface area contributed by atoms with Gasteiger partial charge in [-0.25, -0.2) is 13.8 Å². The normalized spacial score (nSPS) is 21.3. The number of carbonyl (C=O) groups is 1. The number of nitrogens with zero attached hydrogens (tertiary/aromatic N) is 1. The molecule has 150 valence electrons. The first kappa shape index (κ1) is 18.4. The van der Waals surface area contributed by atoms with Gasteiger partial charge in [0.15, 0.2) is 11.6 Å². The van der Waals surface area contributed by atoms with E-state index in [0.29, 0.717) is 35.6 Å². The van der Waals surface area contributed by atoms with E-state index >= 15 is 4.39 Å². The van der Waals surface area contributed by atoms with Crippen molar-refractivity contribution in [3.63, 3.8) is 0 Å². The van der Waals surface area contributed by atoms with Crippen LogP contribution in [0.4, 0.5) is 14.6 Å². The summed E-state index contributed by atoms with van der Waals surface area (Å²) in [6.07, 6.45) is 0.625. The molecule has 2 aliphatic rings. The van der Waals surface area contributed by atoms with Crippen LogP contribution < -0.4 is 16.4 Å². The van der Waals surface area contributed by atoms with Gasteiger partial charge in [0.1, 0.15) is 5.82 Å². The average Bonchev–Trinajstić information content (AvgIpc) is 3.31. The number of hydrogen-bond acceptors (Lipinski definition) is 6. The lowest BCUT2D eigenvalue weighted by atomic mass is 10.0. The van der Waals surface area contributed by atoms with Gasteiger partial charge in [0.2, 0.25) is 0 Å². The Hall–Kier alpha value is -2.62. The molecule has 6 nitrogen and oxygen atoms in total. The molecule has 5 rings (SSSR count). The Bertz CT molecular complexity index is 1130. The highest BCUT2D eigenvalue weighted by Gasteiger charge is 2.32. The molecule has 3 aromatic rings. The highest BCUT2D eigenvalue weighted by atomic mass is 32.1. The number of nitrogens with one attached hydrogen (secondary N) is 2. The fourth-order valence-corrected chi connectivity index (χ4v) is 4.88. The molecule has 9 heteroatoms. The highest BCUT2D eigenvalue weighted by molar-refractivity contribution is 7.22. The SMILES string of the molecule is NC1COCCC1Nc1nc(-c2cc3c(F)cccc3s2)c2c(c1F)CNC2=O. The zero-order valence-electron chi connectivity index (χ0n) is 15.3. The van der Waals surface area contributed by atoms with Crippen LogP contribution in [0.15, 0.2) is 24.3 Å². The van der Waals surface area contributed by atoms with E-state index in [9.17, 15) is 9.18 Å². The van der Waals surface area contributed by atoms with Crippen LogP contribution in [0.5, 0.6) is 0 Å². The Labute approximate surface area is 169 Å². The molecule has 0 bridgehead atoms. The first-order valence-electron chi connectivity index (χ1n) is 9.32. The van der Waals surface area contributed by atoms with Gasteiger partial charge in [-0.2, -0.15) is 0 Å². The second-order valence-corrected chi connectivity index (χ2v) is 8.28. The minimum absolute atomic E-state index is 0.0514. The number of aromatic nitrogens is 1. The molecular weight excluding hydrogens is 398 g/mol. The molecule has 0 aliphatic carbocycles. The minimum Gasteiger partial charge on any atom is -0.380 e. The summed E-state index contributed by atoms with van der Waals surface area (Å²) >= 11 is 1.32. The van der Waals surface area contributed by atoms with Gasteiger partial charge in [-0.05, 0) is 24.6 Å². The number of benzene rings is 1. The second-order valence-electron chi connectivity index (χ2n) is 7.20. The number of fused-ring (bicyclic) bond motifs is 2. The summed E-state index contributed by atoms with van der Waals surface area (Å²) in [5.41, 5.74) is 6.90. The number of carbonyl (C=O) groups excluding carboxylic acids is 1. The van der Waals surface area contributed by atoms with E-state index in [1.165, 1.54) is 17.4 Å². The monoisotopic (exact) mass is 416 g/mol. The summed E-state index contributed by atoms with van der Waals surface area (Å²) in [7, 11) is 0. The van der Waals surface area contributed by atoms with Gasteiger partial charge >= 0.3 is 0 Å². The summed E-state index contributed by atoms with van der Waals surface area (Å²) in [4.78, 5) is 17.5. The van der Waals surface area contributed by atoms with E-state index in [0.717, 1.165) is 4.70 Å². The van der Waals surface area contributed by atoms with Gasteiger partial charge in [0, 0.05) is 40.9 Å². The van der Waals surface area contributed by atoms with Crippen LogP contribution in [0, 0.1) is 11.6 Å². The third-order valence-electron chi connectivity index (χ3n) is 5.35. The molecule has 2 aromatic heterocycles. The van der Waals surface area contributed by atoms with E-state index in [4.69, 9.17) is 10.5 Å². The van der Waals surface area contributed by atoms with Crippen molar-refractivity contribution in [1.82, 2.24) is 10.3 Å². The number of amides is 1. The fraction of sp³-hybridized carbons (Fsp3) is 0.300. The van der Waals surface area contributed by atoms with Crippen LogP contribution in [-0.2, 0) is 11.3 Å². The molecule has 2 aliphatic heterocycles. The quantitative estimate of drug-likeness (QED) is 0.611. The number of pyridine rings is 1. The molecule has 1 amide bonds. The van der Waals surface area contributed by atoms with Crippen molar-refractivity contribution >= 4 is 33.1 Å². The lowest BCUT2D eigenvalue weighted by Gasteiger charge is -2.30. The number of ether oxygens (including phenoxy) is 1. The van der Waals surface area contributed by atoms with Gasteiger partial charge in [0.25, 0.3) is 5.91 Å². The maximum absolute atomic E-state index is 15.1. The van der Waals surface area contributed by atoms with Crippen molar-refractivity contribution < 1.29 is 18.3 Å². The first-order chi connectivity index (χ1) is 14.0. The molecule has 2 atom stereocenters. The van der Waals surface area contributed by atoms with Gasteiger partial charge in [-0.3, -0.25) is 4.79 Å². The Balaban J connectivity index is 1.65. The summed E-state index contributed by atoms with van der Waals surface area (Å²) in [6, 6.07) is 5.99. The molecule has 1 saturated heterocycles. The Kier molecular flexibility index (Phi) is 4.45. The maximum Gasteiger partial charge on any atom is 0.254 e. The molecule has 1 fully saturated rings. The van der Waals surface area contributed by atoms with Gasteiger partial charge in [0.05, 0.1) is 22.7 Å². The van der Waals surface area contributed by atoms with Gasteiger partial charge < -0.3 is 21.1 Å². The van der Waals surface area contributed by atoms with Gasteiger partial charge in [-0.15, -0.1) is 11.3 Å². The lowest BCUT2D eigenvalue weighted by molar-refractivity contribution is 0.0751. The van der Waals surface area contributed by atoms with E-state index < -0.39 is 5.82 Å². The predicted molar refractivity (Wildman–Crippen MR) is 107 cm³/mol. The lowest BCUT2D eigenvalue weighted by Crippen LogP contribution is -2.48. The number of halogens is 2. The number of rotatable bonds is 3. The molecule has 0 spiro atoms. The molecule has 0 radical (unpaired) electrons. The summed E-state index contributed by atoms with van der Waals surface area (Å²) in [5, 5.41) is 6.21. The van der Waals surface area contributed by atoms with Crippen molar-refractivity contribution in [2.24, 2.45) is 5.73 Å². The van der Waals surface area contributed by atoms with Crippen molar-refractivity contribution in [2.45, 2.75) is 25.0 Å². The van der Waals surface area contributed by atoms with E-state index in [1.807, 2.05) is 0 Å².